The zero-order chi connectivity index (χ0) is 20.1. The van der Waals surface area contributed by atoms with E-state index in [-0.39, 0.29) is 19.4 Å². The molecular formula is C20H20ClNO6. The third kappa shape index (κ3) is 5.07. The molecule has 1 aliphatic rings. The summed E-state index contributed by atoms with van der Waals surface area (Å²) in [5.41, 5.74) is 1.69. The first-order chi connectivity index (χ1) is 13.4. The Balaban J connectivity index is 1.42. The average molecular weight is 406 g/mol. The van der Waals surface area contributed by atoms with Crippen LogP contribution in [-0.4, -0.2) is 31.9 Å². The number of carbonyl (C=O) groups excluding carboxylic acids is 2. The van der Waals surface area contributed by atoms with Crippen LogP contribution in [0.4, 0.5) is 0 Å². The van der Waals surface area contributed by atoms with Gasteiger partial charge in [-0.05, 0) is 55.3 Å². The Morgan fingerprint density at radius 3 is 2.71 bits per heavy atom. The minimum absolute atomic E-state index is 0.188. The van der Waals surface area contributed by atoms with Crippen LogP contribution < -0.4 is 19.5 Å². The van der Waals surface area contributed by atoms with Crippen LogP contribution >= 0.6 is 11.6 Å². The second-order valence-corrected chi connectivity index (χ2v) is 6.67. The highest BCUT2D eigenvalue weighted by molar-refractivity contribution is 6.31. The van der Waals surface area contributed by atoms with Gasteiger partial charge in [-0.1, -0.05) is 17.7 Å². The number of esters is 1. The number of hydrogen-bond acceptors (Lipinski definition) is 6. The van der Waals surface area contributed by atoms with E-state index in [0.717, 1.165) is 11.1 Å². The number of benzene rings is 2. The molecule has 28 heavy (non-hydrogen) atoms. The molecule has 0 unspecified atom stereocenters. The predicted molar refractivity (Wildman–Crippen MR) is 102 cm³/mol. The summed E-state index contributed by atoms with van der Waals surface area (Å²) in [5.74, 6) is 0.755. The molecule has 0 aromatic heterocycles. The molecule has 0 radical (unpaired) electrons. The first-order valence-electron chi connectivity index (χ1n) is 8.66. The Bertz CT molecular complexity index is 885. The van der Waals surface area contributed by atoms with Crippen molar-refractivity contribution in [3.05, 3.63) is 52.5 Å². The minimum atomic E-state index is -0.640. The fraction of sp³-hybridized carbons (Fsp3) is 0.300. The summed E-state index contributed by atoms with van der Waals surface area (Å²) in [4.78, 5) is 23.8. The van der Waals surface area contributed by atoms with Crippen molar-refractivity contribution in [3.8, 4) is 17.2 Å². The molecule has 0 fully saturated rings. The van der Waals surface area contributed by atoms with Crippen molar-refractivity contribution in [2.75, 3.05) is 20.0 Å². The van der Waals surface area contributed by atoms with E-state index < -0.39 is 18.5 Å². The zero-order valence-electron chi connectivity index (χ0n) is 15.5. The molecule has 0 saturated heterocycles. The van der Waals surface area contributed by atoms with Crippen LogP contribution in [0.2, 0.25) is 5.02 Å². The van der Waals surface area contributed by atoms with Gasteiger partial charge < -0.3 is 24.3 Å². The maximum absolute atomic E-state index is 12.0. The SMILES string of the molecule is Cc1cc(OCC(=O)OCC(=O)N[C@H](C)c2ccc3c(c2)OCO3)ccc1Cl. The second-order valence-electron chi connectivity index (χ2n) is 6.26. The summed E-state index contributed by atoms with van der Waals surface area (Å²) in [6.07, 6.45) is 0. The lowest BCUT2D eigenvalue weighted by Gasteiger charge is -2.15. The lowest BCUT2D eigenvalue weighted by Crippen LogP contribution is -2.31. The number of hydrogen-bond donors (Lipinski definition) is 1. The van der Waals surface area contributed by atoms with Gasteiger partial charge in [-0.25, -0.2) is 4.79 Å². The summed E-state index contributed by atoms with van der Waals surface area (Å²) in [6, 6.07) is 10.2. The molecule has 0 saturated carbocycles. The number of amides is 1. The lowest BCUT2D eigenvalue weighted by molar-refractivity contribution is -0.150. The molecule has 3 rings (SSSR count). The van der Waals surface area contributed by atoms with Crippen LogP contribution in [0.25, 0.3) is 0 Å². The molecule has 2 aromatic carbocycles. The zero-order valence-corrected chi connectivity index (χ0v) is 16.2. The van der Waals surface area contributed by atoms with E-state index in [9.17, 15) is 9.59 Å². The van der Waals surface area contributed by atoms with Gasteiger partial charge in [-0.15, -0.1) is 0 Å². The number of ether oxygens (including phenoxy) is 4. The van der Waals surface area contributed by atoms with Gasteiger partial charge in [0.25, 0.3) is 5.91 Å². The Hall–Kier alpha value is -2.93. The van der Waals surface area contributed by atoms with Gasteiger partial charge in [0, 0.05) is 5.02 Å². The summed E-state index contributed by atoms with van der Waals surface area (Å²) in [5, 5.41) is 3.38. The van der Waals surface area contributed by atoms with Crippen LogP contribution in [0.5, 0.6) is 17.2 Å². The van der Waals surface area contributed by atoms with Crippen LogP contribution in [0.15, 0.2) is 36.4 Å². The van der Waals surface area contributed by atoms with Crippen molar-refractivity contribution in [2.24, 2.45) is 0 Å². The summed E-state index contributed by atoms with van der Waals surface area (Å²) < 4.78 is 20.9. The Morgan fingerprint density at radius 2 is 1.93 bits per heavy atom. The van der Waals surface area contributed by atoms with Gasteiger partial charge in [-0.3, -0.25) is 4.79 Å². The predicted octanol–water partition coefficient (Wildman–Crippen LogP) is 3.18. The summed E-state index contributed by atoms with van der Waals surface area (Å²) >= 11 is 5.94. The van der Waals surface area contributed by atoms with Crippen LogP contribution in [-0.2, 0) is 14.3 Å². The van der Waals surface area contributed by atoms with Gasteiger partial charge in [0.15, 0.2) is 24.7 Å². The van der Waals surface area contributed by atoms with E-state index in [1.165, 1.54) is 0 Å². The average Bonchev–Trinajstić information content (AvgIpc) is 3.15. The highest BCUT2D eigenvalue weighted by Gasteiger charge is 2.17. The fourth-order valence-corrected chi connectivity index (χ4v) is 2.70. The molecule has 0 aliphatic carbocycles. The van der Waals surface area contributed by atoms with Crippen molar-refractivity contribution in [1.82, 2.24) is 5.32 Å². The van der Waals surface area contributed by atoms with E-state index >= 15 is 0 Å². The van der Waals surface area contributed by atoms with Crippen molar-refractivity contribution in [2.45, 2.75) is 19.9 Å². The third-order valence-corrected chi connectivity index (χ3v) is 4.55. The topological polar surface area (TPSA) is 83.1 Å². The van der Waals surface area contributed by atoms with Gasteiger partial charge in [0.05, 0.1) is 6.04 Å². The maximum Gasteiger partial charge on any atom is 0.344 e. The molecule has 1 aliphatic heterocycles. The number of rotatable bonds is 7. The van der Waals surface area contributed by atoms with Gasteiger partial charge in [-0.2, -0.15) is 0 Å². The quantitative estimate of drug-likeness (QED) is 0.712. The van der Waals surface area contributed by atoms with Crippen LogP contribution in [0.3, 0.4) is 0 Å². The molecule has 148 valence electrons. The Morgan fingerprint density at radius 1 is 1.14 bits per heavy atom. The standard InChI is InChI=1S/C20H20ClNO6/c1-12-7-15(4-5-16(12)21)25-10-20(24)26-9-19(23)22-13(2)14-3-6-17-18(8-14)28-11-27-17/h3-8,13H,9-11H2,1-2H3,(H,22,23)/t13-/m1/s1. The number of nitrogens with one attached hydrogen (secondary N) is 1. The summed E-state index contributed by atoms with van der Waals surface area (Å²) in [6.45, 7) is 3.15. The molecule has 2 aromatic rings. The van der Waals surface area contributed by atoms with E-state index in [1.807, 2.05) is 19.9 Å². The molecular weight excluding hydrogens is 386 g/mol. The first kappa shape index (κ1) is 19.8. The highest BCUT2D eigenvalue weighted by atomic mass is 35.5. The number of carbonyl (C=O) groups is 2. The minimum Gasteiger partial charge on any atom is -0.482 e. The molecule has 0 spiro atoms. The number of fused-ring (bicyclic) bond motifs is 1. The van der Waals surface area contributed by atoms with Crippen LogP contribution in [0.1, 0.15) is 24.1 Å². The van der Waals surface area contributed by atoms with Crippen molar-refractivity contribution >= 4 is 23.5 Å². The van der Waals surface area contributed by atoms with Gasteiger partial charge in [0.1, 0.15) is 5.75 Å². The largest absolute Gasteiger partial charge is 0.482 e. The monoisotopic (exact) mass is 405 g/mol. The third-order valence-electron chi connectivity index (χ3n) is 4.12. The first-order valence-corrected chi connectivity index (χ1v) is 9.03. The summed E-state index contributed by atoms with van der Waals surface area (Å²) in [7, 11) is 0. The maximum atomic E-state index is 12.0. The van der Waals surface area contributed by atoms with Crippen molar-refractivity contribution in [1.29, 1.82) is 0 Å². The van der Waals surface area contributed by atoms with E-state index in [4.69, 9.17) is 30.5 Å². The van der Waals surface area contributed by atoms with E-state index in [1.54, 1.807) is 30.3 Å². The lowest BCUT2D eigenvalue weighted by atomic mass is 10.1. The molecule has 8 heteroatoms. The normalized spacial score (nSPS) is 13.0. The molecule has 7 nitrogen and oxygen atoms in total. The molecule has 1 heterocycles. The van der Waals surface area contributed by atoms with Crippen molar-refractivity contribution in [3.63, 3.8) is 0 Å². The van der Waals surface area contributed by atoms with Crippen LogP contribution in [0, 0.1) is 6.92 Å². The Labute approximate surface area is 167 Å². The highest BCUT2D eigenvalue weighted by Crippen LogP contribution is 2.34. The molecule has 1 N–H and O–H groups in total. The molecule has 1 amide bonds. The fourth-order valence-electron chi connectivity index (χ4n) is 2.59. The van der Waals surface area contributed by atoms with E-state index in [2.05, 4.69) is 5.32 Å². The molecule has 0 bridgehead atoms. The van der Waals surface area contributed by atoms with Crippen molar-refractivity contribution < 1.29 is 28.5 Å². The number of aryl methyl sites for hydroxylation is 1. The van der Waals surface area contributed by atoms with Gasteiger partial charge in [0.2, 0.25) is 6.79 Å². The van der Waals surface area contributed by atoms with Gasteiger partial charge >= 0.3 is 5.97 Å². The number of halogens is 1. The van der Waals surface area contributed by atoms with E-state index in [0.29, 0.717) is 22.3 Å². The smallest absolute Gasteiger partial charge is 0.344 e. The second kappa shape index (κ2) is 8.84. The Kier molecular flexibility index (Phi) is 6.26. The molecule has 1 atom stereocenters.